The Morgan fingerprint density at radius 1 is 0.519 bits per heavy atom. The molecule has 27 heavy (non-hydrogen) atoms. The van der Waals surface area contributed by atoms with Gasteiger partial charge in [0.2, 0.25) is 0 Å². The lowest BCUT2D eigenvalue weighted by Crippen LogP contribution is -2.37. The molecule has 3 heteroatoms. The molecule has 0 fully saturated rings. The van der Waals surface area contributed by atoms with Crippen LogP contribution in [-0.4, -0.2) is 24.0 Å². The molecule has 3 nitrogen and oxygen atoms in total. The number of urea groups is 1. The zero-order valence-electron chi connectivity index (χ0n) is 18.8. The Labute approximate surface area is 170 Å². The van der Waals surface area contributed by atoms with Crippen LogP contribution < -0.4 is 5.73 Å². The average Bonchev–Trinajstić information content (AvgIpc) is 2.66. The van der Waals surface area contributed by atoms with Crippen LogP contribution in [0.4, 0.5) is 4.79 Å². The second-order valence-corrected chi connectivity index (χ2v) is 8.34. The van der Waals surface area contributed by atoms with E-state index in [1.165, 1.54) is 109 Å². The molecule has 0 aromatic rings. The molecule has 0 rings (SSSR count). The molecule has 0 spiro atoms. The lowest BCUT2D eigenvalue weighted by atomic mass is 10.1. The van der Waals surface area contributed by atoms with E-state index in [4.69, 9.17) is 5.73 Å². The van der Waals surface area contributed by atoms with Gasteiger partial charge < -0.3 is 10.6 Å². The van der Waals surface area contributed by atoms with Gasteiger partial charge in [-0.2, -0.15) is 0 Å². The number of carbonyl (C=O) groups is 1. The van der Waals surface area contributed by atoms with Gasteiger partial charge >= 0.3 is 6.03 Å². The Morgan fingerprint density at radius 3 is 1.04 bits per heavy atom. The van der Waals surface area contributed by atoms with Crippen molar-refractivity contribution in [2.45, 2.75) is 136 Å². The smallest absolute Gasteiger partial charge is 0.314 e. The van der Waals surface area contributed by atoms with Crippen molar-refractivity contribution in [3.8, 4) is 0 Å². The highest BCUT2D eigenvalue weighted by atomic mass is 16.2. The molecule has 162 valence electrons. The van der Waals surface area contributed by atoms with Crippen molar-refractivity contribution in [2.75, 3.05) is 13.1 Å². The minimum atomic E-state index is -0.231. The maximum atomic E-state index is 11.6. The van der Waals surface area contributed by atoms with Crippen molar-refractivity contribution < 1.29 is 4.79 Å². The molecule has 0 saturated heterocycles. The fraction of sp³-hybridized carbons (Fsp3) is 0.958. The number of amides is 2. The Bertz CT molecular complexity index is 307. The Balaban J connectivity index is 3.46. The van der Waals surface area contributed by atoms with Gasteiger partial charge in [0.25, 0.3) is 0 Å². The van der Waals surface area contributed by atoms with Gasteiger partial charge in [0, 0.05) is 13.1 Å². The molecular weight excluding hydrogens is 332 g/mol. The third-order valence-corrected chi connectivity index (χ3v) is 5.62. The van der Waals surface area contributed by atoms with Crippen molar-refractivity contribution in [2.24, 2.45) is 5.73 Å². The average molecular weight is 383 g/mol. The molecule has 0 heterocycles. The molecule has 0 aliphatic heterocycles. The minimum absolute atomic E-state index is 0.231. The largest absolute Gasteiger partial charge is 0.351 e. The summed E-state index contributed by atoms with van der Waals surface area (Å²) in [6.07, 6.45) is 25.1. The van der Waals surface area contributed by atoms with E-state index >= 15 is 0 Å². The summed E-state index contributed by atoms with van der Waals surface area (Å²) < 4.78 is 0. The second-order valence-electron chi connectivity index (χ2n) is 8.34. The van der Waals surface area contributed by atoms with Gasteiger partial charge in [-0.25, -0.2) is 4.79 Å². The summed E-state index contributed by atoms with van der Waals surface area (Å²) in [4.78, 5) is 13.5. The highest BCUT2D eigenvalue weighted by Crippen LogP contribution is 2.12. The van der Waals surface area contributed by atoms with E-state index < -0.39 is 0 Å². The number of hydrogen-bond donors (Lipinski definition) is 1. The van der Waals surface area contributed by atoms with E-state index in [9.17, 15) is 4.79 Å². The molecule has 0 saturated carbocycles. The number of hydrogen-bond acceptors (Lipinski definition) is 1. The van der Waals surface area contributed by atoms with E-state index in [2.05, 4.69) is 13.8 Å². The molecule has 0 bridgehead atoms. The summed E-state index contributed by atoms with van der Waals surface area (Å²) in [5.74, 6) is 0. The van der Waals surface area contributed by atoms with Gasteiger partial charge in [0.15, 0.2) is 0 Å². The minimum Gasteiger partial charge on any atom is -0.351 e. The summed E-state index contributed by atoms with van der Waals surface area (Å²) in [5.41, 5.74) is 5.55. The van der Waals surface area contributed by atoms with Crippen molar-refractivity contribution >= 4 is 6.03 Å². The van der Waals surface area contributed by atoms with Gasteiger partial charge in [0.1, 0.15) is 0 Å². The molecule has 2 amide bonds. The van der Waals surface area contributed by atoms with E-state index in [1.807, 2.05) is 4.90 Å². The summed E-state index contributed by atoms with van der Waals surface area (Å²) in [7, 11) is 0. The summed E-state index contributed by atoms with van der Waals surface area (Å²) in [5, 5.41) is 0. The topological polar surface area (TPSA) is 46.3 Å². The fourth-order valence-corrected chi connectivity index (χ4v) is 3.74. The van der Waals surface area contributed by atoms with Gasteiger partial charge in [-0.3, -0.25) is 0 Å². The first kappa shape index (κ1) is 26.3. The number of nitrogens with two attached hydrogens (primary N) is 1. The first-order valence-corrected chi connectivity index (χ1v) is 12.3. The number of primary amides is 1. The van der Waals surface area contributed by atoms with Gasteiger partial charge in [-0.1, -0.05) is 123 Å². The lowest BCUT2D eigenvalue weighted by molar-refractivity contribution is 0.204. The van der Waals surface area contributed by atoms with Crippen LogP contribution in [-0.2, 0) is 0 Å². The Hall–Kier alpha value is -0.730. The summed E-state index contributed by atoms with van der Waals surface area (Å²) in [6, 6.07) is -0.231. The third kappa shape index (κ3) is 19.8. The molecule has 0 aromatic heterocycles. The van der Waals surface area contributed by atoms with E-state index in [0.717, 1.165) is 25.9 Å². The van der Waals surface area contributed by atoms with E-state index in [0.29, 0.717) is 0 Å². The van der Waals surface area contributed by atoms with Gasteiger partial charge in [-0.15, -0.1) is 0 Å². The molecule has 0 radical (unpaired) electrons. The van der Waals surface area contributed by atoms with E-state index in [1.54, 1.807) is 0 Å². The zero-order valence-corrected chi connectivity index (χ0v) is 18.8. The first-order valence-electron chi connectivity index (χ1n) is 12.3. The molecule has 0 aromatic carbocycles. The Morgan fingerprint density at radius 2 is 0.778 bits per heavy atom. The van der Waals surface area contributed by atoms with Crippen LogP contribution in [0.5, 0.6) is 0 Å². The van der Waals surface area contributed by atoms with Crippen LogP contribution in [0.3, 0.4) is 0 Å². The molecule has 0 unspecified atom stereocenters. The van der Waals surface area contributed by atoms with Crippen molar-refractivity contribution in [1.82, 2.24) is 4.90 Å². The number of rotatable bonds is 21. The molecule has 0 atom stereocenters. The number of nitrogens with zero attached hydrogens (tertiary/aromatic N) is 1. The lowest BCUT2D eigenvalue weighted by Gasteiger charge is -2.20. The van der Waals surface area contributed by atoms with Crippen LogP contribution in [0.2, 0.25) is 0 Å². The standard InChI is InChI=1S/C24H50N2O/c1-3-5-7-9-11-13-15-17-19-21-23-26(24(25)27)22-20-18-16-14-12-10-8-6-4-2/h3-23H2,1-2H3,(H2,25,27). The molecule has 2 N–H and O–H groups in total. The maximum absolute atomic E-state index is 11.6. The maximum Gasteiger partial charge on any atom is 0.314 e. The van der Waals surface area contributed by atoms with Crippen molar-refractivity contribution in [3.05, 3.63) is 0 Å². The van der Waals surface area contributed by atoms with Crippen LogP contribution in [0, 0.1) is 0 Å². The van der Waals surface area contributed by atoms with Gasteiger partial charge in [-0.05, 0) is 12.8 Å². The van der Waals surface area contributed by atoms with Gasteiger partial charge in [0.05, 0.1) is 0 Å². The SMILES string of the molecule is CCCCCCCCCCCCN(CCCCCCCCCCC)C(N)=O. The second kappa shape index (κ2) is 21.6. The highest BCUT2D eigenvalue weighted by molar-refractivity contribution is 5.71. The molecule has 0 aliphatic rings. The zero-order chi connectivity index (χ0) is 20.0. The number of unbranched alkanes of at least 4 members (excludes halogenated alkanes) is 17. The third-order valence-electron chi connectivity index (χ3n) is 5.62. The predicted octanol–water partition coefficient (Wildman–Crippen LogP) is 7.82. The Kier molecular flexibility index (Phi) is 21.0. The summed E-state index contributed by atoms with van der Waals surface area (Å²) in [6.45, 7) is 6.23. The molecular formula is C24H50N2O. The van der Waals surface area contributed by atoms with E-state index in [-0.39, 0.29) is 6.03 Å². The first-order chi connectivity index (χ1) is 13.2. The van der Waals surface area contributed by atoms with Crippen LogP contribution in [0.25, 0.3) is 0 Å². The fourth-order valence-electron chi connectivity index (χ4n) is 3.74. The quantitative estimate of drug-likeness (QED) is 0.202. The number of carbonyl (C=O) groups excluding carboxylic acids is 1. The highest BCUT2D eigenvalue weighted by Gasteiger charge is 2.08. The van der Waals surface area contributed by atoms with Crippen molar-refractivity contribution in [3.63, 3.8) is 0 Å². The van der Waals surface area contributed by atoms with Crippen LogP contribution in [0.15, 0.2) is 0 Å². The normalized spacial score (nSPS) is 11.0. The summed E-state index contributed by atoms with van der Waals surface area (Å²) >= 11 is 0. The van der Waals surface area contributed by atoms with Crippen molar-refractivity contribution in [1.29, 1.82) is 0 Å². The van der Waals surface area contributed by atoms with Crippen LogP contribution in [0.1, 0.15) is 136 Å². The van der Waals surface area contributed by atoms with Crippen LogP contribution >= 0.6 is 0 Å². The predicted molar refractivity (Wildman–Crippen MR) is 120 cm³/mol. The monoisotopic (exact) mass is 382 g/mol. The molecule has 0 aliphatic carbocycles.